The molecule has 6 rings (SSSR count). The molecule has 0 amide bonds. The van der Waals surface area contributed by atoms with E-state index in [1.54, 1.807) is 0 Å². The number of aromatic amines is 1. The van der Waals surface area contributed by atoms with Crippen LogP contribution in [0.4, 0.5) is 0 Å². The third-order valence-corrected chi connectivity index (χ3v) is 7.68. The summed E-state index contributed by atoms with van der Waals surface area (Å²) in [4.78, 5) is 35.1. The molecule has 0 radical (unpaired) electrons. The van der Waals surface area contributed by atoms with Crippen molar-refractivity contribution in [3.63, 3.8) is 0 Å². The zero-order chi connectivity index (χ0) is 32.3. The number of aromatic nitrogens is 3. The number of aryl methyl sites for hydroxylation is 5. The molecule has 0 saturated carbocycles. The molecule has 0 saturated heterocycles. The largest absolute Gasteiger partial charge is 1.00 e. The first-order valence-corrected chi connectivity index (χ1v) is 14.8. The monoisotopic (exact) mass is 665 g/mol. The Morgan fingerprint density at radius 3 is 1.57 bits per heavy atom. The van der Waals surface area contributed by atoms with Crippen LogP contribution in [0.2, 0.25) is 0 Å². The van der Waals surface area contributed by atoms with Crippen LogP contribution in [0, 0.1) is 0 Å². The predicted octanol–water partition coefficient (Wildman–Crippen LogP) is 3.49. The summed E-state index contributed by atoms with van der Waals surface area (Å²) in [5.74, 6) is -1.66. The van der Waals surface area contributed by atoms with E-state index in [0.717, 1.165) is 39.4 Å². The number of rotatable bonds is 9. The van der Waals surface area contributed by atoms with Crippen molar-refractivity contribution in [1.82, 2.24) is 14.1 Å². The number of ether oxygens (including phenoxy) is 1. The van der Waals surface area contributed by atoms with Crippen molar-refractivity contribution >= 4 is 50.6 Å². The summed E-state index contributed by atoms with van der Waals surface area (Å²) >= 11 is 0. The van der Waals surface area contributed by atoms with E-state index in [2.05, 4.69) is 32.6 Å². The molecule has 0 spiro atoms. The smallest absolute Gasteiger partial charge is 0.870 e. The SMILES string of the molecule is COC(=O)CCc1cn(C)c2ccccc12.Cn1cc(CCC(=O)O)c2ccccc21.O=C(O)CCc1c[nH]c2ccccc12.[K+].[OH-]. The number of methoxy groups -OCH3 is 1. The van der Waals surface area contributed by atoms with Crippen LogP contribution in [0.5, 0.6) is 0 Å². The van der Waals surface area contributed by atoms with Crippen molar-refractivity contribution in [2.75, 3.05) is 7.11 Å². The van der Waals surface area contributed by atoms with Gasteiger partial charge in [-0.1, -0.05) is 54.6 Å². The van der Waals surface area contributed by atoms with E-state index < -0.39 is 11.9 Å². The van der Waals surface area contributed by atoms with Crippen molar-refractivity contribution in [2.45, 2.75) is 38.5 Å². The number of hydrogen-bond acceptors (Lipinski definition) is 5. The van der Waals surface area contributed by atoms with Gasteiger partial charge in [-0.15, -0.1) is 0 Å². The standard InChI is InChI=1S/C13H15NO2.C12H13NO2.C11H11NO2.K.H2O/c1-14-9-10(7-8-13(15)16-2)11-5-3-4-6-12(11)14;1-13-8-9(6-7-12(14)15)10-4-2-3-5-11(10)13;13-11(14)6-5-8-7-12-10-4-2-1-3-9(8)10;;/h3-6,9H,7-8H2,1-2H3;2-5,8H,6-7H2,1H3,(H,14,15);1-4,7,12H,5-6H2,(H,13,14);;1H2/q;;;+1;/p-1. The van der Waals surface area contributed by atoms with Gasteiger partial charge in [0.1, 0.15) is 0 Å². The Hall–Kier alpha value is -3.71. The molecule has 3 aromatic carbocycles. The Balaban J connectivity index is 0.000000240. The van der Waals surface area contributed by atoms with Gasteiger partial charge in [0.05, 0.1) is 7.11 Å². The van der Waals surface area contributed by atoms with Crippen LogP contribution in [0.15, 0.2) is 91.4 Å². The Labute approximate surface area is 316 Å². The number of fused-ring (bicyclic) bond motifs is 3. The first-order chi connectivity index (χ1) is 21.7. The number of carboxylic acids is 2. The molecule has 0 unspecified atom stereocenters. The van der Waals surface area contributed by atoms with Crippen LogP contribution in [-0.4, -0.2) is 54.8 Å². The first-order valence-electron chi connectivity index (χ1n) is 14.8. The average molecular weight is 666 g/mol. The number of para-hydroxylation sites is 3. The molecule has 3 aromatic heterocycles. The van der Waals surface area contributed by atoms with E-state index in [-0.39, 0.29) is 75.7 Å². The Morgan fingerprint density at radius 1 is 0.660 bits per heavy atom. The fourth-order valence-corrected chi connectivity index (χ4v) is 5.41. The predicted molar refractivity (Wildman–Crippen MR) is 178 cm³/mol. The molecule has 11 heteroatoms. The van der Waals surface area contributed by atoms with Crippen molar-refractivity contribution in [3.8, 4) is 0 Å². The molecule has 0 aliphatic heterocycles. The molecule has 3 heterocycles. The van der Waals surface area contributed by atoms with Crippen LogP contribution in [0.3, 0.4) is 0 Å². The van der Waals surface area contributed by atoms with Crippen LogP contribution in [0.25, 0.3) is 32.7 Å². The van der Waals surface area contributed by atoms with Crippen molar-refractivity contribution < 1.29 is 86.2 Å². The number of nitrogens with zero attached hydrogens (tertiary/aromatic N) is 2. The number of carbonyl (C=O) groups excluding carboxylic acids is 1. The molecule has 4 N–H and O–H groups in total. The molecular formula is C36H40KN3O7. The van der Waals surface area contributed by atoms with Crippen LogP contribution in [0.1, 0.15) is 36.0 Å². The molecule has 0 atom stereocenters. The van der Waals surface area contributed by atoms with Crippen LogP contribution < -0.4 is 51.4 Å². The molecule has 47 heavy (non-hydrogen) atoms. The fourth-order valence-electron chi connectivity index (χ4n) is 5.41. The number of nitrogens with one attached hydrogen (secondary N) is 1. The van der Waals surface area contributed by atoms with Crippen molar-refractivity contribution in [1.29, 1.82) is 0 Å². The number of carbonyl (C=O) groups is 3. The fraction of sp³-hybridized carbons (Fsp3) is 0.250. The summed E-state index contributed by atoms with van der Waals surface area (Å²) < 4.78 is 8.76. The van der Waals surface area contributed by atoms with Crippen molar-refractivity contribution in [2.24, 2.45) is 14.1 Å². The minimum absolute atomic E-state index is 0. The minimum atomic E-state index is -0.754. The molecule has 0 fully saturated rings. The maximum absolute atomic E-state index is 11.1. The van der Waals surface area contributed by atoms with E-state index >= 15 is 0 Å². The number of esters is 1. The van der Waals surface area contributed by atoms with Gasteiger partial charge in [0, 0.05) is 84.7 Å². The topological polar surface area (TPSA) is 157 Å². The van der Waals surface area contributed by atoms with Crippen LogP contribution in [-0.2, 0) is 52.5 Å². The maximum Gasteiger partial charge on any atom is 1.00 e. The summed E-state index contributed by atoms with van der Waals surface area (Å²) in [5, 5.41) is 20.7. The second kappa shape index (κ2) is 19.2. The first kappa shape index (κ1) is 39.5. The zero-order valence-corrected chi connectivity index (χ0v) is 30.4. The minimum Gasteiger partial charge on any atom is -0.870 e. The normalized spacial score (nSPS) is 10.2. The van der Waals surface area contributed by atoms with Gasteiger partial charge in [0.15, 0.2) is 0 Å². The second-order valence-electron chi connectivity index (χ2n) is 10.8. The quantitative estimate of drug-likeness (QED) is 0.158. The summed E-state index contributed by atoms with van der Waals surface area (Å²) in [5.41, 5.74) is 6.79. The molecular weight excluding hydrogens is 626 g/mol. The summed E-state index contributed by atoms with van der Waals surface area (Å²) in [6.45, 7) is 0. The maximum atomic E-state index is 11.1. The summed E-state index contributed by atoms with van der Waals surface area (Å²) in [6, 6.07) is 24.2. The van der Waals surface area contributed by atoms with Gasteiger partial charge < -0.3 is 34.5 Å². The van der Waals surface area contributed by atoms with E-state index in [9.17, 15) is 14.4 Å². The summed E-state index contributed by atoms with van der Waals surface area (Å²) in [6.07, 6.45) is 8.68. The Morgan fingerprint density at radius 2 is 1.09 bits per heavy atom. The zero-order valence-electron chi connectivity index (χ0n) is 27.3. The number of aliphatic carboxylic acids is 2. The van der Waals surface area contributed by atoms with E-state index in [4.69, 9.17) is 10.2 Å². The van der Waals surface area contributed by atoms with Gasteiger partial charge in [-0.25, -0.2) is 0 Å². The number of carboxylic acid groups (broad SMARTS) is 2. The molecule has 6 aromatic rings. The number of hydrogen-bond donors (Lipinski definition) is 3. The Bertz CT molecular complexity index is 1920. The van der Waals surface area contributed by atoms with Crippen molar-refractivity contribution in [3.05, 3.63) is 108 Å². The number of H-pyrrole nitrogens is 1. The number of benzene rings is 3. The van der Waals surface area contributed by atoms with Gasteiger partial charge in [-0.05, 0) is 54.2 Å². The van der Waals surface area contributed by atoms with Gasteiger partial charge in [0.2, 0.25) is 0 Å². The van der Waals surface area contributed by atoms with E-state index in [1.807, 2.05) is 91.7 Å². The van der Waals surface area contributed by atoms with E-state index in [0.29, 0.717) is 19.3 Å². The third-order valence-electron chi connectivity index (χ3n) is 7.68. The molecule has 0 aliphatic carbocycles. The molecule has 10 nitrogen and oxygen atoms in total. The molecule has 0 bridgehead atoms. The second-order valence-corrected chi connectivity index (χ2v) is 10.8. The van der Waals surface area contributed by atoms with E-state index in [1.165, 1.54) is 23.6 Å². The summed E-state index contributed by atoms with van der Waals surface area (Å²) in [7, 11) is 5.42. The van der Waals surface area contributed by atoms with Crippen LogP contribution >= 0.6 is 0 Å². The van der Waals surface area contributed by atoms with Gasteiger partial charge in [0.25, 0.3) is 0 Å². The Kier molecular flexibility index (Phi) is 16.1. The van der Waals surface area contributed by atoms with Gasteiger partial charge in [-0.3, -0.25) is 14.4 Å². The third kappa shape index (κ3) is 10.9. The van der Waals surface area contributed by atoms with Gasteiger partial charge in [-0.2, -0.15) is 0 Å². The van der Waals surface area contributed by atoms with Gasteiger partial charge >= 0.3 is 69.3 Å². The average Bonchev–Trinajstić information content (AvgIpc) is 3.71. The molecule has 242 valence electrons. The molecule has 0 aliphatic rings.